The average molecular weight is 397 g/mol. The van der Waals surface area contributed by atoms with Crippen LogP contribution in [0.5, 0.6) is 0 Å². The Bertz CT molecular complexity index is 707. The van der Waals surface area contributed by atoms with Crippen LogP contribution in [-0.2, 0) is 11.2 Å². The second-order valence-electron chi connectivity index (χ2n) is 6.87. The second-order valence-corrected chi connectivity index (χ2v) is 6.87. The number of alkyl halides is 3. The number of rotatable bonds is 9. The van der Waals surface area contributed by atoms with Crippen LogP contribution in [0.1, 0.15) is 18.4 Å². The van der Waals surface area contributed by atoms with Crippen molar-refractivity contribution in [2.24, 2.45) is 5.73 Å². The molecule has 0 fully saturated rings. The minimum atomic E-state index is -4.51. The molecule has 0 saturated carbocycles. The highest BCUT2D eigenvalue weighted by Gasteiger charge is 2.40. The monoisotopic (exact) mass is 397 g/mol. The summed E-state index contributed by atoms with van der Waals surface area (Å²) in [5.74, 6) is 0. The molecule has 0 aliphatic heterocycles. The molecule has 1 atom stereocenters. The van der Waals surface area contributed by atoms with Crippen molar-refractivity contribution < 1.29 is 28.1 Å². The molecule has 0 heterocycles. The van der Waals surface area contributed by atoms with E-state index in [2.05, 4.69) is 0 Å². The molecule has 28 heavy (non-hydrogen) atoms. The van der Waals surface area contributed by atoms with E-state index in [0.29, 0.717) is 12.0 Å². The minimum Gasteiger partial charge on any atom is -0.394 e. The van der Waals surface area contributed by atoms with Crippen LogP contribution < -0.4 is 5.73 Å². The highest BCUT2D eigenvalue weighted by Crippen LogP contribution is 2.35. The fraction of sp³-hybridized carbons (Fsp3) is 0.429. The van der Waals surface area contributed by atoms with E-state index in [9.17, 15) is 13.2 Å². The third-order valence-corrected chi connectivity index (χ3v) is 4.53. The number of aliphatic hydroxyl groups excluding tert-OH is 2. The van der Waals surface area contributed by atoms with Gasteiger partial charge in [0.25, 0.3) is 0 Å². The molecular formula is C21H26F3NO3. The first-order valence-electron chi connectivity index (χ1n) is 9.12. The van der Waals surface area contributed by atoms with E-state index in [0.717, 1.165) is 18.1 Å². The molecule has 0 bridgehead atoms. The van der Waals surface area contributed by atoms with Gasteiger partial charge in [-0.25, -0.2) is 0 Å². The summed E-state index contributed by atoms with van der Waals surface area (Å²) in [4.78, 5) is 0. The lowest BCUT2D eigenvalue weighted by Gasteiger charge is -2.26. The van der Waals surface area contributed by atoms with Crippen molar-refractivity contribution in [3.63, 3.8) is 0 Å². The first-order chi connectivity index (χ1) is 13.3. The van der Waals surface area contributed by atoms with Crippen molar-refractivity contribution in [3.8, 4) is 0 Å². The summed E-state index contributed by atoms with van der Waals surface area (Å²) in [6.07, 6.45) is 1.24. The first kappa shape index (κ1) is 22.4. The van der Waals surface area contributed by atoms with Gasteiger partial charge in [-0.3, -0.25) is 0 Å². The normalized spacial score (nSPS) is 18.3. The lowest BCUT2D eigenvalue weighted by Crippen LogP contribution is -2.45. The van der Waals surface area contributed by atoms with Crippen LogP contribution in [-0.4, -0.2) is 47.9 Å². The van der Waals surface area contributed by atoms with Gasteiger partial charge in [-0.1, -0.05) is 48.6 Å². The SMILES string of the molecule is NC(/C=C/C1=CCC(OCCCc2ccccc2)C(C(F)(F)F)=C1)(CO)CO. The Kier molecular flexibility index (Phi) is 8.00. The van der Waals surface area contributed by atoms with Gasteiger partial charge < -0.3 is 20.7 Å². The van der Waals surface area contributed by atoms with Crippen molar-refractivity contribution in [1.82, 2.24) is 0 Å². The van der Waals surface area contributed by atoms with Crippen LogP contribution in [0.3, 0.4) is 0 Å². The maximum absolute atomic E-state index is 13.4. The van der Waals surface area contributed by atoms with Gasteiger partial charge in [0.1, 0.15) is 0 Å². The molecule has 0 amide bonds. The predicted molar refractivity (Wildman–Crippen MR) is 102 cm³/mol. The van der Waals surface area contributed by atoms with E-state index in [4.69, 9.17) is 20.7 Å². The number of hydrogen-bond donors (Lipinski definition) is 3. The van der Waals surface area contributed by atoms with Gasteiger partial charge in [0.05, 0.1) is 30.4 Å². The van der Waals surface area contributed by atoms with Gasteiger partial charge in [0, 0.05) is 6.61 Å². The largest absolute Gasteiger partial charge is 0.415 e. The van der Waals surface area contributed by atoms with Crippen molar-refractivity contribution in [1.29, 1.82) is 0 Å². The molecule has 1 unspecified atom stereocenters. The van der Waals surface area contributed by atoms with Gasteiger partial charge in [0.2, 0.25) is 0 Å². The maximum atomic E-state index is 13.4. The summed E-state index contributed by atoms with van der Waals surface area (Å²) in [6.45, 7) is -0.806. The van der Waals surface area contributed by atoms with E-state index < -0.39 is 36.6 Å². The molecule has 1 aliphatic rings. The summed E-state index contributed by atoms with van der Waals surface area (Å²) in [5.41, 5.74) is 5.02. The van der Waals surface area contributed by atoms with E-state index in [1.165, 1.54) is 12.2 Å². The molecule has 0 spiro atoms. The topological polar surface area (TPSA) is 75.7 Å². The molecule has 1 aromatic carbocycles. The Hall–Kier alpha value is -1.93. The Morgan fingerprint density at radius 1 is 1.14 bits per heavy atom. The van der Waals surface area contributed by atoms with Crippen LogP contribution in [0.15, 0.2) is 65.8 Å². The van der Waals surface area contributed by atoms with E-state index in [-0.39, 0.29) is 13.0 Å². The molecule has 154 valence electrons. The fourth-order valence-corrected chi connectivity index (χ4v) is 2.80. The number of aryl methyl sites for hydroxylation is 1. The van der Waals surface area contributed by atoms with Crippen LogP contribution in [0.4, 0.5) is 13.2 Å². The first-order valence-corrected chi connectivity index (χ1v) is 9.12. The fourth-order valence-electron chi connectivity index (χ4n) is 2.80. The number of halogens is 3. The van der Waals surface area contributed by atoms with Gasteiger partial charge in [-0.2, -0.15) is 13.2 Å². The van der Waals surface area contributed by atoms with Crippen molar-refractivity contribution in [3.05, 3.63) is 71.3 Å². The van der Waals surface area contributed by atoms with Crippen LogP contribution in [0, 0.1) is 0 Å². The molecule has 4 N–H and O–H groups in total. The molecular weight excluding hydrogens is 371 g/mol. The smallest absolute Gasteiger partial charge is 0.394 e. The molecule has 4 nitrogen and oxygen atoms in total. The van der Waals surface area contributed by atoms with Gasteiger partial charge in [-0.15, -0.1) is 0 Å². The predicted octanol–water partition coefficient (Wildman–Crippen LogP) is 3.06. The highest BCUT2D eigenvalue weighted by atomic mass is 19.4. The van der Waals surface area contributed by atoms with Crippen molar-refractivity contribution in [2.45, 2.75) is 37.1 Å². The van der Waals surface area contributed by atoms with Crippen LogP contribution in [0.25, 0.3) is 0 Å². The summed E-state index contributed by atoms with van der Waals surface area (Å²) >= 11 is 0. The number of aliphatic hydroxyl groups is 2. The number of ether oxygens (including phenoxy) is 1. The second kappa shape index (κ2) is 10.0. The number of benzene rings is 1. The number of nitrogens with two attached hydrogens (primary N) is 1. The maximum Gasteiger partial charge on any atom is 0.415 e. The lowest BCUT2D eigenvalue weighted by molar-refractivity contribution is -0.111. The minimum absolute atomic E-state index is 0.0895. The van der Waals surface area contributed by atoms with E-state index >= 15 is 0 Å². The Morgan fingerprint density at radius 2 is 1.82 bits per heavy atom. The summed E-state index contributed by atoms with van der Waals surface area (Å²) < 4.78 is 45.8. The standard InChI is InChI=1S/C21H26F3NO3/c22-21(23,24)18-13-17(10-11-20(25,14-26)15-27)8-9-19(18)28-12-4-7-16-5-2-1-3-6-16/h1-3,5-6,8,10-11,13,19,26-27H,4,7,9,12,14-15,25H2/b11-10+. The average Bonchev–Trinajstić information content (AvgIpc) is 2.70. The third kappa shape index (κ3) is 6.60. The van der Waals surface area contributed by atoms with Crippen molar-refractivity contribution in [2.75, 3.05) is 19.8 Å². The van der Waals surface area contributed by atoms with Crippen LogP contribution in [0.2, 0.25) is 0 Å². The van der Waals surface area contributed by atoms with Gasteiger partial charge in [-0.05, 0) is 36.5 Å². The summed E-state index contributed by atoms with van der Waals surface area (Å²) in [6, 6.07) is 9.70. The molecule has 1 aliphatic carbocycles. The quantitative estimate of drug-likeness (QED) is 0.560. The molecule has 1 aromatic rings. The number of allylic oxidation sites excluding steroid dienone is 3. The highest BCUT2D eigenvalue weighted by molar-refractivity contribution is 5.41. The molecule has 0 radical (unpaired) electrons. The summed E-state index contributed by atoms with van der Waals surface area (Å²) in [7, 11) is 0. The van der Waals surface area contributed by atoms with Crippen molar-refractivity contribution >= 4 is 0 Å². The van der Waals surface area contributed by atoms with Crippen LogP contribution >= 0.6 is 0 Å². The molecule has 2 rings (SSSR count). The zero-order chi connectivity index (χ0) is 20.6. The van der Waals surface area contributed by atoms with Gasteiger partial charge in [0.15, 0.2) is 0 Å². The lowest BCUT2D eigenvalue weighted by atomic mass is 9.94. The molecule has 0 aromatic heterocycles. The zero-order valence-electron chi connectivity index (χ0n) is 15.5. The Labute approximate surface area is 162 Å². The third-order valence-electron chi connectivity index (χ3n) is 4.53. The Balaban J connectivity index is 1.98. The number of hydrogen-bond acceptors (Lipinski definition) is 4. The van der Waals surface area contributed by atoms with E-state index in [1.54, 1.807) is 6.08 Å². The molecule has 7 heteroatoms. The summed E-state index contributed by atoms with van der Waals surface area (Å²) in [5, 5.41) is 18.3. The van der Waals surface area contributed by atoms with E-state index in [1.807, 2.05) is 30.3 Å². The molecule has 0 saturated heterocycles. The zero-order valence-corrected chi connectivity index (χ0v) is 15.5. The Morgan fingerprint density at radius 3 is 2.43 bits per heavy atom. The van der Waals surface area contributed by atoms with Gasteiger partial charge >= 0.3 is 6.18 Å².